The maximum Gasteiger partial charge on any atom is 0.416 e. The minimum Gasteiger partial charge on any atom is -0.369 e. The highest BCUT2D eigenvalue weighted by Gasteiger charge is 2.31. The number of carbonyl (C=O) groups excluding carboxylic acids is 2. The van der Waals surface area contributed by atoms with Gasteiger partial charge in [-0.3, -0.25) is 25.3 Å². The summed E-state index contributed by atoms with van der Waals surface area (Å²) in [5.74, 6) is -0.727. The number of alkyl halides is 3. The number of benzene rings is 1. The fraction of sp³-hybridized carbons (Fsp3) is 0.333. The topological polar surface area (TPSA) is 64.7 Å². The van der Waals surface area contributed by atoms with Crippen LogP contribution in [0.25, 0.3) is 0 Å². The number of carbonyl (C=O) groups is 2. The zero-order valence-corrected chi connectivity index (χ0v) is 15.6. The number of hydrogen-bond donors (Lipinski definition) is 2. The minimum atomic E-state index is -4.37. The summed E-state index contributed by atoms with van der Waals surface area (Å²) in [5.41, 5.74) is 4.57. The number of amides is 2. The monoisotopic (exact) mass is 412 g/mol. The summed E-state index contributed by atoms with van der Waals surface area (Å²) < 4.78 is 38.6. The van der Waals surface area contributed by atoms with Gasteiger partial charge in [0.15, 0.2) is 0 Å². The molecule has 150 valence electrons. The second-order valence-electron chi connectivity index (χ2n) is 6.29. The number of hydrazine groups is 1. The fourth-order valence-corrected chi connectivity index (χ4v) is 3.50. The lowest BCUT2D eigenvalue weighted by molar-refractivity contribution is -0.137. The molecule has 1 fully saturated rings. The second kappa shape index (κ2) is 8.61. The Morgan fingerprint density at radius 2 is 1.79 bits per heavy atom. The molecule has 6 nitrogen and oxygen atoms in total. The molecule has 0 bridgehead atoms. The smallest absolute Gasteiger partial charge is 0.369 e. The van der Waals surface area contributed by atoms with Gasteiger partial charge in [-0.15, -0.1) is 11.3 Å². The van der Waals surface area contributed by atoms with Gasteiger partial charge in [0, 0.05) is 31.9 Å². The Morgan fingerprint density at radius 3 is 2.43 bits per heavy atom. The Morgan fingerprint density at radius 1 is 1.04 bits per heavy atom. The third-order valence-electron chi connectivity index (χ3n) is 4.34. The molecule has 0 atom stereocenters. The van der Waals surface area contributed by atoms with Gasteiger partial charge >= 0.3 is 6.18 Å². The number of anilines is 1. The molecule has 28 heavy (non-hydrogen) atoms. The summed E-state index contributed by atoms with van der Waals surface area (Å²) in [6.45, 7) is 2.18. The molecule has 1 aliphatic heterocycles. The lowest BCUT2D eigenvalue weighted by Crippen LogP contribution is -2.51. The number of nitrogens with zero attached hydrogens (tertiary/aromatic N) is 2. The van der Waals surface area contributed by atoms with Crippen molar-refractivity contribution in [1.29, 1.82) is 0 Å². The van der Waals surface area contributed by atoms with Gasteiger partial charge in [0.1, 0.15) is 0 Å². The number of halogens is 3. The van der Waals surface area contributed by atoms with E-state index in [4.69, 9.17) is 0 Å². The molecule has 0 unspecified atom stereocenters. The van der Waals surface area contributed by atoms with Crippen molar-refractivity contribution in [3.05, 3.63) is 52.2 Å². The van der Waals surface area contributed by atoms with Crippen molar-refractivity contribution in [2.24, 2.45) is 0 Å². The molecule has 2 aromatic rings. The molecule has 3 rings (SSSR count). The molecule has 10 heteroatoms. The number of hydrogen-bond acceptors (Lipinski definition) is 5. The molecule has 1 aliphatic rings. The molecule has 2 amide bonds. The van der Waals surface area contributed by atoms with Gasteiger partial charge in [-0.2, -0.15) is 13.2 Å². The summed E-state index contributed by atoms with van der Waals surface area (Å²) in [6.07, 6.45) is -4.37. The lowest BCUT2D eigenvalue weighted by Gasteiger charge is -2.35. The minimum absolute atomic E-state index is 0.0984. The molecule has 2 heterocycles. The van der Waals surface area contributed by atoms with E-state index in [1.54, 1.807) is 23.6 Å². The van der Waals surface area contributed by atoms with E-state index in [1.807, 2.05) is 9.80 Å². The van der Waals surface area contributed by atoms with Crippen molar-refractivity contribution in [3.63, 3.8) is 0 Å². The Balaban J connectivity index is 1.45. The predicted molar refractivity (Wildman–Crippen MR) is 100 cm³/mol. The van der Waals surface area contributed by atoms with Crippen molar-refractivity contribution >= 4 is 28.8 Å². The summed E-state index contributed by atoms with van der Waals surface area (Å²) in [4.78, 5) is 28.0. The zero-order chi connectivity index (χ0) is 20.1. The van der Waals surface area contributed by atoms with E-state index in [9.17, 15) is 22.8 Å². The third kappa shape index (κ3) is 5.23. The van der Waals surface area contributed by atoms with Gasteiger partial charge in [0.05, 0.1) is 17.0 Å². The fourth-order valence-electron chi connectivity index (χ4n) is 2.88. The Hall–Kier alpha value is -2.59. The van der Waals surface area contributed by atoms with Gasteiger partial charge in [-0.1, -0.05) is 12.1 Å². The summed E-state index contributed by atoms with van der Waals surface area (Å²) in [5, 5.41) is 1.76. The molecular formula is C18H19F3N4O2S. The largest absolute Gasteiger partial charge is 0.416 e. The van der Waals surface area contributed by atoms with Crippen LogP contribution in [0.2, 0.25) is 0 Å². The molecule has 0 radical (unpaired) electrons. The van der Waals surface area contributed by atoms with Crippen LogP contribution in [0.4, 0.5) is 18.9 Å². The van der Waals surface area contributed by atoms with E-state index in [0.717, 1.165) is 12.1 Å². The maximum absolute atomic E-state index is 12.9. The number of rotatable bonds is 4. The van der Waals surface area contributed by atoms with Gasteiger partial charge in [-0.25, -0.2) is 0 Å². The summed E-state index contributed by atoms with van der Waals surface area (Å²) in [6, 6.07) is 8.63. The highest BCUT2D eigenvalue weighted by atomic mass is 32.1. The van der Waals surface area contributed by atoms with Crippen LogP contribution in [0, 0.1) is 0 Å². The Labute approximate surface area is 163 Å². The van der Waals surface area contributed by atoms with Gasteiger partial charge in [0.25, 0.3) is 11.8 Å². The van der Waals surface area contributed by atoms with E-state index in [1.165, 1.54) is 17.4 Å². The summed E-state index contributed by atoms with van der Waals surface area (Å²) in [7, 11) is 0. The standard InChI is InChI=1S/C18H19F3N4O2S/c19-18(20,21)13-3-1-4-14(11-13)25-8-6-24(7-9-25)12-16(26)22-23-17(27)15-5-2-10-28-15/h1-5,10-11H,6-9,12H2,(H,22,26)(H,23,27). The first kappa shape index (κ1) is 20.2. The molecule has 0 spiro atoms. The van der Waals surface area contributed by atoms with Crippen molar-refractivity contribution in [3.8, 4) is 0 Å². The average molecular weight is 412 g/mol. The van der Waals surface area contributed by atoms with Gasteiger partial charge in [0.2, 0.25) is 0 Å². The van der Waals surface area contributed by atoms with E-state index >= 15 is 0 Å². The molecule has 1 saturated heterocycles. The maximum atomic E-state index is 12.9. The molecule has 1 aromatic carbocycles. The second-order valence-corrected chi connectivity index (χ2v) is 7.24. The third-order valence-corrected chi connectivity index (χ3v) is 5.21. The lowest BCUT2D eigenvalue weighted by atomic mass is 10.1. The van der Waals surface area contributed by atoms with E-state index in [-0.39, 0.29) is 18.4 Å². The highest BCUT2D eigenvalue weighted by Crippen LogP contribution is 2.31. The van der Waals surface area contributed by atoms with Crippen LogP contribution in [0.3, 0.4) is 0 Å². The molecule has 0 aliphatic carbocycles. The highest BCUT2D eigenvalue weighted by molar-refractivity contribution is 7.12. The van der Waals surface area contributed by atoms with Crippen LogP contribution in [0.15, 0.2) is 41.8 Å². The van der Waals surface area contributed by atoms with Crippen molar-refractivity contribution in [2.75, 3.05) is 37.6 Å². The van der Waals surface area contributed by atoms with Crippen molar-refractivity contribution in [1.82, 2.24) is 15.8 Å². The van der Waals surface area contributed by atoms with Gasteiger partial charge in [-0.05, 0) is 29.6 Å². The molecule has 0 saturated carbocycles. The number of nitrogens with one attached hydrogen (secondary N) is 2. The Kier molecular flexibility index (Phi) is 6.20. The van der Waals surface area contributed by atoms with E-state index in [2.05, 4.69) is 10.9 Å². The Bertz CT molecular complexity index is 818. The zero-order valence-electron chi connectivity index (χ0n) is 14.8. The van der Waals surface area contributed by atoms with Crippen LogP contribution in [-0.2, 0) is 11.0 Å². The first-order valence-electron chi connectivity index (χ1n) is 8.60. The van der Waals surface area contributed by atoms with Crippen LogP contribution < -0.4 is 15.8 Å². The molecule has 1 aromatic heterocycles. The van der Waals surface area contributed by atoms with Crippen LogP contribution in [0.5, 0.6) is 0 Å². The van der Waals surface area contributed by atoms with E-state index < -0.39 is 11.7 Å². The number of piperazine rings is 1. The van der Waals surface area contributed by atoms with Crippen molar-refractivity contribution in [2.45, 2.75) is 6.18 Å². The first-order chi connectivity index (χ1) is 13.3. The number of thiophene rings is 1. The van der Waals surface area contributed by atoms with Crippen molar-refractivity contribution < 1.29 is 22.8 Å². The van der Waals surface area contributed by atoms with Crippen LogP contribution in [0.1, 0.15) is 15.2 Å². The normalized spacial score (nSPS) is 15.3. The summed E-state index contributed by atoms with van der Waals surface area (Å²) >= 11 is 1.27. The van der Waals surface area contributed by atoms with Crippen LogP contribution >= 0.6 is 11.3 Å². The SMILES string of the molecule is O=C(CN1CCN(c2cccc(C(F)(F)F)c2)CC1)NNC(=O)c1cccs1. The first-order valence-corrected chi connectivity index (χ1v) is 9.48. The van der Waals surface area contributed by atoms with Crippen LogP contribution in [-0.4, -0.2) is 49.4 Å². The average Bonchev–Trinajstić information content (AvgIpc) is 3.21. The quantitative estimate of drug-likeness (QED) is 0.757. The predicted octanol–water partition coefficient (Wildman–Crippen LogP) is 2.35. The molecule has 2 N–H and O–H groups in total. The van der Waals surface area contributed by atoms with E-state index in [0.29, 0.717) is 36.7 Å². The molecular weight excluding hydrogens is 393 g/mol. The van der Waals surface area contributed by atoms with Gasteiger partial charge < -0.3 is 4.90 Å².